The van der Waals surface area contributed by atoms with Crippen LogP contribution in [-0.4, -0.2) is 22.2 Å². The fourth-order valence-electron chi connectivity index (χ4n) is 2.79. The number of hydrogen-bond acceptors (Lipinski definition) is 5. The molecule has 0 fully saturated rings. The number of aromatic nitrogens is 3. The van der Waals surface area contributed by atoms with Crippen LogP contribution in [0.25, 0.3) is 22.4 Å². The molecule has 0 N–H and O–H groups in total. The van der Waals surface area contributed by atoms with E-state index in [4.69, 9.17) is 16.1 Å². The van der Waals surface area contributed by atoms with Gasteiger partial charge in [-0.15, -0.1) is 0 Å². The van der Waals surface area contributed by atoms with E-state index in [1.54, 1.807) is 0 Å². The fraction of sp³-hybridized carbons (Fsp3) is 0.105. The van der Waals surface area contributed by atoms with Gasteiger partial charge in [0.1, 0.15) is 23.2 Å². The van der Waals surface area contributed by atoms with E-state index >= 15 is 0 Å². The summed E-state index contributed by atoms with van der Waals surface area (Å²) < 4.78 is 5.42. The van der Waals surface area contributed by atoms with Gasteiger partial charge < -0.3 is 9.42 Å². The van der Waals surface area contributed by atoms with Crippen molar-refractivity contribution in [3.05, 3.63) is 65.4 Å². The number of fused-ring (bicyclic) bond motifs is 1. The molecule has 2 aromatic heterocycles. The summed E-state index contributed by atoms with van der Waals surface area (Å²) >= 11 is 5.99. The fourth-order valence-corrected chi connectivity index (χ4v) is 2.92. The molecular weight excluding hydrogens is 336 g/mol. The average Bonchev–Trinajstić information content (AvgIpc) is 3.06. The van der Waals surface area contributed by atoms with Gasteiger partial charge in [-0.3, -0.25) is 0 Å². The standard InChI is InChI=1S/C19H15ClN4O/c1-12-4-3-5-15(10-12)24(2)18-16-17(13-6-8-14(20)9-7-13)23-25-19(16)22-11-21-18/h3-11H,1-2H3. The molecule has 0 atom stereocenters. The first-order valence-corrected chi connectivity index (χ1v) is 8.18. The summed E-state index contributed by atoms with van der Waals surface area (Å²) in [5.41, 5.74) is 4.26. The number of rotatable bonds is 3. The van der Waals surface area contributed by atoms with E-state index in [2.05, 4.69) is 34.2 Å². The van der Waals surface area contributed by atoms with Crippen molar-refractivity contribution in [2.45, 2.75) is 6.92 Å². The maximum atomic E-state index is 5.99. The molecule has 0 radical (unpaired) electrons. The summed E-state index contributed by atoms with van der Waals surface area (Å²) in [5.74, 6) is 0.738. The molecule has 25 heavy (non-hydrogen) atoms. The Hall–Kier alpha value is -2.92. The monoisotopic (exact) mass is 350 g/mol. The number of hydrogen-bond donors (Lipinski definition) is 0. The van der Waals surface area contributed by atoms with Gasteiger partial charge in [0.25, 0.3) is 5.71 Å². The number of nitrogens with zero attached hydrogens (tertiary/aromatic N) is 4. The van der Waals surface area contributed by atoms with E-state index in [1.165, 1.54) is 11.9 Å². The van der Waals surface area contributed by atoms with E-state index < -0.39 is 0 Å². The Balaban J connectivity index is 1.90. The minimum atomic E-state index is 0.453. The zero-order valence-corrected chi connectivity index (χ0v) is 14.5. The van der Waals surface area contributed by atoms with Crippen molar-refractivity contribution in [1.29, 1.82) is 0 Å². The number of halogens is 1. The van der Waals surface area contributed by atoms with Gasteiger partial charge in [-0.2, -0.15) is 4.98 Å². The highest BCUT2D eigenvalue weighted by molar-refractivity contribution is 6.30. The van der Waals surface area contributed by atoms with Crippen LogP contribution in [0, 0.1) is 6.92 Å². The normalized spacial score (nSPS) is 11.0. The van der Waals surface area contributed by atoms with Gasteiger partial charge in [-0.25, -0.2) is 4.98 Å². The van der Waals surface area contributed by atoms with Gasteiger partial charge in [-0.1, -0.05) is 41.0 Å². The summed E-state index contributed by atoms with van der Waals surface area (Å²) in [6.45, 7) is 2.06. The van der Waals surface area contributed by atoms with Crippen LogP contribution in [0.15, 0.2) is 59.4 Å². The van der Waals surface area contributed by atoms with Gasteiger partial charge in [0.2, 0.25) is 0 Å². The van der Waals surface area contributed by atoms with Crippen molar-refractivity contribution in [2.24, 2.45) is 0 Å². The van der Waals surface area contributed by atoms with Gasteiger partial charge in [0.15, 0.2) is 0 Å². The molecule has 4 rings (SSSR count). The Morgan fingerprint density at radius 2 is 1.84 bits per heavy atom. The van der Waals surface area contributed by atoms with Crippen molar-refractivity contribution < 1.29 is 4.52 Å². The molecule has 5 nitrogen and oxygen atoms in total. The van der Waals surface area contributed by atoms with Gasteiger partial charge >= 0.3 is 0 Å². The molecule has 4 aromatic rings. The maximum Gasteiger partial charge on any atom is 0.263 e. The zero-order chi connectivity index (χ0) is 17.4. The van der Waals surface area contributed by atoms with Gasteiger partial charge in [-0.05, 0) is 36.8 Å². The Labute approximate surface area is 149 Å². The first-order valence-electron chi connectivity index (χ1n) is 7.80. The average molecular weight is 351 g/mol. The molecule has 0 bridgehead atoms. The first-order chi connectivity index (χ1) is 12.1. The van der Waals surface area contributed by atoms with Gasteiger partial charge in [0, 0.05) is 23.3 Å². The molecule has 2 heterocycles. The molecule has 2 aromatic carbocycles. The van der Waals surface area contributed by atoms with Crippen molar-refractivity contribution in [3.8, 4) is 11.3 Å². The highest BCUT2D eigenvalue weighted by atomic mass is 35.5. The summed E-state index contributed by atoms with van der Waals surface area (Å²) in [6.07, 6.45) is 1.49. The largest absolute Gasteiger partial charge is 0.335 e. The van der Waals surface area contributed by atoms with Crippen LogP contribution in [0.5, 0.6) is 0 Å². The van der Waals surface area contributed by atoms with Crippen molar-refractivity contribution >= 4 is 34.2 Å². The predicted octanol–water partition coefficient (Wildman–Crippen LogP) is 5.01. The minimum absolute atomic E-state index is 0.453. The quantitative estimate of drug-likeness (QED) is 0.519. The third-order valence-electron chi connectivity index (χ3n) is 4.08. The molecular formula is C19H15ClN4O. The van der Waals surface area contributed by atoms with E-state index in [9.17, 15) is 0 Å². The van der Waals surface area contributed by atoms with E-state index in [0.717, 1.165) is 22.5 Å². The molecule has 0 saturated heterocycles. The van der Waals surface area contributed by atoms with E-state index in [0.29, 0.717) is 16.4 Å². The lowest BCUT2D eigenvalue weighted by Crippen LogP contribution is -2.12. The van der Waals surface area contributed by atoms with Crippen molar-refractivity contribution in [3.63, 3.8) is 0 Å². The van der Waals surface area contributed by atoms with Crippen molar-refractivity contribution in [1.82, 2.24) is 15.1 Å². The Kier molecular flexibility index (Phi) is 3.86. The molecule has 0 unspecified atom stereocenters. The number of benzene rings is 2. The predicted molar refractivity (Wildman–Crippen MR) is 99.3 cm³/mol. The van der Waals surface area contributed by atoms with Crippen LogP contribution < -0.4 is 4.90 Å². The molecule has 0 spiro atoms. The van der Waals surface area contributed by atoms with E-state index in [1.807, 2.05) is 48.3 Å². The van der Waals surface area contributed by atoms with Gasteiger partial charge in [0.05, 0.1) is 0 Å². The lowest BCUT2D eigenvalue weighted by Gasteiger charge is -2.19. The topological polar surface area (TPSA) is 55.1 Å². The number of aryl methyl sites for hydroxylation is 1. The third kappa shape index (κ3) is 2.83. The second-order valence-electron chi connectivity index (χ2n) is 5.81. The second-order valence-corrected chi connectivity index (χ2v) is 6.25. The first kappa shape index (κ1) is 15.6. The summed E-state index contributed by atoms with van der Waals surface area (Å²) in [6, 6.07) is 15.7. The lowest BCUT2D eigenvalue weighted by molar-refractivity contribution is 0.451. The summed E-state index contributed by atoms with van der Waals surface area (Å²) in [7, 11) is 1.97. The van der Waals surface area contributed by atoms with Crippen LogP contribution in [-0.2, 0) is 0 Å². The third-order valence-corrected chi connectivity index (χ3v) is 4.33. The Morgan fingerprint density at radius 1 is 1.04 bits per heavy atom. The molecule has 0 saturated carbocycles. The second kappa shape index (κ2) is 6.18. The SMILES string of the molecule is Cc1cccc(N(C)c2ncnc3onc(-c4ccc(Cl)cc4)c23)c1. The lowest BCUT2D eigenvalue weighted by atomic mass is 10.1. The summed E-state index contributed by atoms with van der Waals surface area (Å²) in [4.78, 5) is 10.7. The smallest absolute Gasteiger partial charge is 0.263 e. The zero-order valence-electron chi connectivity index (χ0n) is 13.8. The number of anilines is 2. The van der Waals surface area contributed by atoms with E-state index in [-0.39, 0.29) is 0 Å². The molecule has 6 heteroatoms. The van der Waals surface area contributed by atoms with Crippen LogP contribution in [0.1, 0.15) is 5.56 Å². The van der Waals surface area contributed by atoms with Crippen LogP contribution in [0.2, 0.25) is 5.02 Å². The minimum Gasteiger partial charge on any atom is -0.335 e. The van der Waals surface area contributed by atoms with Crippen molar-refractivity contribution in [2.75, 3.05) is 11.9 Å². The molecule has 0 aliphatic carbocycles. The van der Waals surface area contributed by atoms with Crippen LogP contribution in [0.4, 0.5) is 11.5 Å². The highest BCUT2D eigenvalue weighted by Gasteiger charge is 2.19. The summed E-state index contributed by atoms with van der Waals surface area (Å²) in [5, 5.41) is 5.65. The Morgan fingerprint density at radius 3 is 2.60 bits per heavy atom. The Bertz CT molecular complexity index is 1040. The molecule has 0 aliphatic heterocycles. The van der Waals surface area contributed by atoms with Crippen LogP contribution >= 0.6 is 11.6 Å². The molecule has 0 amide bonds. The maximum absolute atomic E-state index is 5.99. The molecule has 0 aliphatic rings. The molecule has 124 valence electrons. The van der Waals surface area contributed by atoms with Crippen LogP contribution in [0.3, 0.4) is 0 Å². The highest BCUT2D eigenvalue weighted by Crippen LogP contribution is 2.35.